The Morgan fingerprint density at radius 3 is 3.19 bits per heavy atom. The third-order valence-corrected chi connectivity index (χ3v) is 4.13. The highest BCUT2D eigenvalue weighted by Gasteiger charge is 2.21. The lowest BCUT2D eigenvalue weighted by Gasteiger charge is -2.23. The summed E-state index contributed by atoms with van der Waals surface area (Å²) in [5, 5.41) is 3.00. The number of rotatable bonds is 4. The van der Waals surface area contributed by atoms with E-state index < -0.39 is 0 Å². The summed E-state index contributed by atoms with van der Waals surface area (Å²) in [5.41, 5.74) is 0.906. The van der Waals surface area contributed by atoms with Crippen molar-refractivity contribution in [3.8, 4) is 0 Å². The summed E-state index contributed by atoms with van der Waals surface area (Å²) in [4.78, 5) is 16.6. The molecule has 2 aromatic rings. The fraction of sp³-hybridized carbons (Fsp3) is 0.500. The second kappa shape index (κ2) is 5.76. The minimum Gasteiger partial charge on any atom is -0.456 e. The van der Waals surface area contributed by atoms with Crippen LogP contribution in [0.15, 0.2) is 22.9 Å². The number of amides is 1. The third-order valence-electron chi connectivity index (χ3n) is 4.13. The van der Waals surface area contributed by atoms with Crippen LogP contribution in [0.4, 0.5) is 0 Å². The maximum atomic E-state index is 12.2. The van der Waals surface area contributed by atoms with Gasteiger partial charge in [-0.2, -0.15) is 0 Å². The molecule has 5 heteroatoms. The van der Waals surface area contributed by atoms with Crippen LogP contribution >= 0.6 is 0 Å². The molecule has 1 N–H and O–H groups in total. The molecular formula is C16H21N3O2. The van der Waals surface area contributed by atoms with Crippen molar-refractivity contribution < 1.29 is 9.21 Å². The Bertz CT molecular complexity index is 642. The average molecular weight is 287 g/mol. The molecule has 5 nitrogen and oxygen atoms in total. The van der Waals surface area contributed by atoms with E-state index in [9.17, 15) is 4.79 Å². The number of hydrogen-bond acceptors (Lipinski definition) is 3. The van der Waals surface area contributed by atoms with Crippen molar-refractivity contribution in [3.63, 3.8) is 0 Å². The minimum atomic E-state index is -0.110. The molecule has 0 unspecified atom stereocenters. The van der Waals surface area contributed by atoms with Crippen LogP contribution in [0, 0.1) is 12.8 Å². The molecule has 0 aromatic carbocycles. The summed E-state index contributed by atoms with van der Waals surface area (Å²) in [6.45, 7) is 5.59. The summed E-state index contributed by atoms with van der Waals surface area (Å²) in [5.74, 6) is 2.76. The molecule has 0 fully saturated rings. The molecule has 1 aliphatic rings. The molecule has 0 saturated heterocycles. The van der Waals surface area contributed by atoms with Crippen LogP contribution in [0.5, 0.6) is 0 Å². The predicted octanol–water partition coefficient (Wildman–Crippen LogP) is 2.34. The molecule has 3 heterocycles. The molecule has 3 rings (SSSR count). The van der Waals surface area contributed by atoms with Gasteiger partial charge in [0.25, 0.3) is 5.91 Å². The zero-order chi connectivity index (χ0) is 14.8. The van der Waals surface area contributed by atoms with Crippen LogP contribution < -0.4 is 5.32 Å². The smallest absolute Gasteiger partial charge is 0.287 e. The monoisotopic (exact) mass is 287 g/mol. The van der Waals surface area contributed by atoms with Gasteiger partial charge in [-0.25, -0.2) is 4.98 Å². The summed E-state index contributed by atoms with van der Waals surface area (Å²) >= 11 is 0. The quantitative estimate of drug-likeness (QED) is 0.939. The van der Waals surface area contributed by atoms with Crippen molar-refractivity contribution in [2.75, 3.05) is 6.54 Å². The van der Waals surface area contributed by atoms with E-state index in [4.69, 9.17) is 4.42 Å². The van der Waals surface area contributed by atoms with Gasteiger partial charge in [-0.3, -0.25) is 4.79 Å². The Morgan fingerprint density at radius 1 is 1.57 bits per heavy atom. The number of aromatic nitrogens is 2. The number of carbonyl (C=O) groups excluding carboxylic acids is 1. The lowest BCUT2D eigenvalue weighted by Crippen LogP contribution is -2.33. The van der Waals surface area contributed by atoms with Gasteiger partial charge in [0.05, 0.1) is 0 Å². The lowest BCUT2D eigenvalue weighted by atomic mass is 9.98. The molecule has 21 heavy (non-hydrogen) atoms. The van der Waals surface area contributed by atoms with Gasteiger partial charge < -0.3 is 14.3 Å². The maximum Gasteiger partial charge on any atom is 0.287 e. The molecule has 0 spiro atoms. The van der Waals surface area contributed by atoms with Crippen molar-refractivity contribution in [2.45, 2.75) is 39.7 Å². The Labute approximate surface area is 124 Å². The van der Waals surface area contributed by atoms with Crippen LogP contribution in [0.2, 0.25) is 0 Å². The number of hydrogen-bond donors (Lipinski definition) is 1. The van der Waals surface area contributed by atoms with Gasteiger partial charge in [0, 0.05) is 43.9 Å². The van der Waals surface area contributed by atoms with Gasteiger partial charge in [0.15, 0.2) is 5.76 Å². The van der Waals surface area contributed by atoms with Crippen LogP contribution in [0.3, 0.4) is 0 Å². The summed E-state index contributed by atoms with van der Waals surface area (Å²) in [6, 6.07) is 1.94. The van der Waals surface area contributed by atoms with Crippen molar-refractivity contribution >= 4 is 5.91 Å². The molecule has 1 aliphatic heterocycles. The molecule has 0 radical (unpaired) electrons. The first-order valence-corrected chi connectivity index (χ1v) is 7.55. The Kier molecular flexibility index (Phi) is 3.82. The molecule has 1 amide bonds. The number of fused-ring (bicyclic) bond motifs is 1. The largest absolute Gasteiger partial charge is 0.456 e. The van der Waals surface area contributed by atoms with Gasteiger partial charge >= 0.3 is 0 Å². The molecular weight excluding hydrogens is 266 g/mol. The van der Waals surface area contributed by atoms with Crippen molar-refractivity contribution in [3.05, 3.63) is 41.4 Å². The first-order chi connectivity index (χ1) is 10.2. The van der Waals surface area contributed by atoms with E-state index in [1.807, 2.05) is 32.3 Å². The van der Waals surface area contributed by atoms with Crippen LogP contribution in [-0.4, -0.2) is 22.0 Å². The van der Waals surface area contributed by atoms with E-state index in [1.165, 1.54) is 0 Å². The van der Waals surface area contributed by atoms with E-state index >= 15 is 0 Å². The Balaban J connectivity index is 1.58. The van der Waals surface area contributed by atoms with Crippen molar-refractivity contribution in [1.29, 1.82) is 0 Å². The minimum absolute atomic E-state index is 0.110. The van der Waals surface area contributed by atoms with Gasteiger partial charge in [-0.05, 0) is 25.3 Å². The summed E-state index contributed by atoms with van der Waals surface area (Å²) in [7, 11) is 0. The number of carbonyl (C=O) groups is 1. The van der Waals surface area contributed by atoms with Crippen molar-refractivity contribution in [1.82, 2.24) is 14.9 Å². The summed E-state index contributed by atoms with van der Waals surface area (Å²) < 4.78 is 7.76. The molecule has 0 bridgehead atoms. The standard InChI is InChI=1S/C16H21N3O2/c1-3-13-8-11(2)15(21-13)16(20)18-10-12-4-6-19-7-5-17-14(19)9-12/h5,7-8,12H,3-4,6,9-10H2,1-2H3,(H,18,20)/t12-/m0/s1. The van der Waals surface area contributed by atoms with Gasteiger partial charge in [-0.1, -0.05) is 6.92 Å². The second-order valence-electron chi connectivity index (χ2n) is 5.68. The van der Waals surface area contributed by atoms with E-state index in [2.05, 4.69) is 14.9 Å². The van der Waals surface area contributed by atoms with Crippen LogP contribution in [0.1, 0.15) is 41.0 Å². The van der Waals surface area contributed by atoms with E-state index in [0.29, 0.717) is 18.2 Å². The fourth-order valence-corrected chi connectivity index (χ4v) is 2.85. The number of nitrogens with zero attached hydrogens (tertiary/aromatic N) is 2. The van der Waals surface area contributed by atoms with Crippen LogP contribution in [-0.2, 0) is 19.4 Å². The molecule has 0 saturated carbocycles. The average Bonchev–Trinajstić information content (AvgIpc) is 3.10. The molecule has 1 atom stereocenters. The molecule has 112 valence electrons. The highest BCUT2D eigenvalue weighted by atomic mass is 16.4. The van der Waals surface area contributed by atoms with Crippen LogP contribution in [0.25, 0.3) is 0 Å². The third kappa shape index (κ3) is 2.86. The van der Waals surface area contributed by atoms with Gasteiger partial charge in [-0.15, -0.1) is 0 Å². The van der Waals surface area contributed by atoms with Gasteiger partial charge in [0.1, 0.15) is 11.6 Å². The lowest BCUT2D eigenvalue weighted by molar-refractivity contribution is 0.0914. The Morgan fingerprint density at radius 2 is 2.43 bits per heavy atom. The first-order valence-electron chi connectivity index (χ1n) is 7.55. The zero-order valence-electron chi connectivity index (χ0n) is 12.6. The topological polar surface area (TPSA) is 60.1 Å². The number of imidazole rings is 1. The zero-order valence-corrected chi connectivity index (χ0v) is 12.6. The second-order valence-corrected chi connectivity index (χ2v) is 5.68. The predicted molar refractivity (Wildman–Crippen MR) is 79.2 cm³/mol. The number of furan rings is 1. The highest BCUT2D eigenvalue weighted by molar-refractivity contribution is 5.92. The molecule has 2 aromatic heterocycles. The highest BCUT2D eigenvalue weighted by Crippen LogP contribution is 2.19. The Hall–Kier alpha value is -2.04. The number of aryl methyl sites for hydroxylation is 3. The maximum absolute atomic E-state index is 12.2. The number of nitrogens with one attached hydrogen (secondary N) is 1. The van der Waals surface area contributed by atoms with E-state index in [-0.39, 0.29) is 5.91 Å². The van der Waals surface area contributed by atoms with E-state index in [0.717, 1.165) is 43.0 Å². The van der Waals surface area contributed by atoms with Crippen molar-refractivity contribution in [2.24, 2.45) is 5.92 Å². The first kappa shape index (κ1) is 13.9. The fourth-order valence-electron chi connectivity index (χ4n) is 2.85. The van der Waals surface area contributed by atoms with Gasteiger partial charge in [0.2, 0.25) is 0 Å². The molecule has 0 aliphatic carbocycles. The SMILES string of the molecule is CCc1cc(C)c(C(=O)NC[C@H]2CCn3ccnc3C2)o1. The normalized spacial score (nSPS) is 17.5. The van der Waals surface area contributed by atoms with E-state index in [1.54, 1.807) is 0 Å². The summed E-state index contributed by atoms with van der Waals surface area (Å²) in [6.07, 6.45) is 6.66.